The number of halogens is 2. The van der Waals surface area contributed by atoms with Crippen LogP contribution in [0.2, 0.25) is 5.02 Å². The lowest BCUT2D eigenvalue weighted by atomic mass is 10.7. The number of hydrogen-bond acceptors (Lipinski definition) is 5. The molecule has 0 aliphatic rings. The number of thiophene rings is 1. The molecule has 1 N–H and O–H groups in total. The highest BCUT2D eigenvalue weighted by atomic mass is 79.9. The number of sulfonamides is 1. The number of rotatable bonds is 3. The maximum Gasteiger partial charge on any atom is 0.272 e. The smallest absolute Gasteiger partial charge is 0.272 e. The largest absolute Gasteiger partial charge is 0.363 e. The molecule has 0 fully saturated rings. The molecular weight excluding hydrogens is 340 g/mol. The van der Waals surface area contributed by atoms with Crippen LogP contribution in [0.3, 0.4) is 0 Å². The molecule has 2 aromatic heterocycles. The summed E-state index contributed by atoms with van der Waals surface area (Å²) in [5.41, 5.74) is 0. The van der Waals surface area contributed by atoms with E-state index in [0.29, 0.717) is 8.81 Å². The third kappa shape index (κ3) is 2.40. The standard InChI is InChI=1S/C7H4BrClN2O3S2/c8-7-4(9)3-6(15-7)16(12,13)11-5-1-2-14-10-5/h1-3H,(H,10,11). The second kappa shape index (κ2) is 4.36. The van der Waals surface area contributed by atoms with E-state index in [1.807, 2.05) is 0 Å². The molecule has 2 rings (SSSR count). The van der Waals surface area contributed by atoms with Crippen molar-refractivity contribution in [3.05, 3.63) is 27.2 Å². The zero-order valence-electron chi connectivity index (χ0n) is 7.48. The summed E-state index contributed by atoms with van der Waals surface area (Å²) in [6.45, 7) is 0. The third-order valence-corrected chi connectivity index (χ3v) is 5.87. The Morgan fingerprint density at radius 3 is 2.81 bits per heavy atom. The number of hydrogen-bond donors (Lipinski definition) is 1. The highest BCUT2D eigenvalue weighted by Crippen LogP contribution is 2.35. The fourth-order valence-electron chi connectivity index (χ4n) is 0.912. The lowest BCUT2D eigenvalue weighted by Crippen LogP contribution is -2.11. The summed E-state index contributed by atoms with van der Waals surface area (Å²) in [7, 11) is -3.65. The van der Waals surface area contributed by atoms with Gasteiger partial charge < -0.3 is 4.52 Å². The third-order valence-electron chi connectivity index (χ3n) is 1.56. The predicted octanol–water partition coefficient (Wildman–Crippen LogP) is 2.95. The van der Waals surface area contributed by atoms with E-state index in [1.165, 1.54) is 18.4 Å². The lowest BCUT2D eigenvalue weighted by Gasteiger charge is -2.00. The summed E-state index contributed by atoms with van der Waals surface area (Å²) in [4.78, 5) is 0. The van der Waals surface area contributed by atoms with Crippen LogP contribution >= 0.6 is 38.9 Å². The molecule has 0 aromatic carbocycles. The predicted molar refractivity (Wildman–Crippen MR) is 64.3 cm³/mol. The van der Waals surface area contributed by atoms with Gasteiger partial charge in [-0.15, -0.1) is 11.3 Å². The second-order valence-corrected chi connectivity index (χ2v) is 7.36. The number of aromatic nitrogens is 1. The summed E-state index contributed by atoms with van der Waals surface area (Å²) < 4.78 is 31.0. The highest BCUT2D eigenvalue weighted by Gasteiger charge is 2.19. The van der Waals surface area contributed by atoms with Crippen molar-refractivity contribution in [1.29, 1.82) is 0 Å². The Morgan fingerprint density at radius 2 is 2.31 bits per heavy atom. The van der Waals surface area contributed by atoms with Crippen molar-refractivity contribution in [1.82, 2.24) is 5.16 Å². The van der Waals surface area contributed by atoms with Gasteiger partial charge in [0, 0.05) is 6.07 Å². The summed E-state index contributed by atoms with van der Waals surface area (Å²) in [5, 5.41) is 3.80. The van der Waals surface area contributed by atoms with Crippen LogP contribution in [0.25, 0.3) is 0 Å². The minimum atomic E-state index is -3.65. The first-order valence-electron chi connectivity index (χ1n) is 3.87. The van der Waals surface area contributed by atoms with Crippen LogP contribution in [-0.4, -0.2) is 13.6 Å². The van der Waals surface area contributed by atoms with Crippen LogP contribution in [0.1, 0.15) is 0 Å². The second-order valence-electron chi connectivity index (χ2n) is 2.68. The van der Waals surface area contributed by atoms with Crippen LogP contribution in [0.4, 0.5) is 5.82 Å². The van der Waals surface area contributed by atoms with E-state index in [0.717, 1.165) is 11.3 Å². The molecule has 0 saturated heterocycles. The van der Waals surface area contributed by atoms with Gasteiger partial charge in [-0.2, -0.15) is 0 Å². The Hall–Kier alpha value is -0.570. The maximum atomic E-state index is 11.8. The van der Waals surface area contributed by atoms with Crippen LogP contribution < -0.4 is 4.72 Å². The van der Waals surface area contributed by atoms with Gasteiger partial charge in [0.25, 0.3) is 10.0 Å². The summed E-state index contributed by atoms with van der Waals surface area (Å²) in [6, 6.07) is 2.76. The van der Waals surface area contributed by atoms with Crippen molar-refractivity contribution in [2.45, 2.75) is 4.21 Å². The first kappa shape index (κ1) is 11.9. The molecule has 16 heavy (non-hydrogen) atoms. The molecule has 2 aromatic rings. The zero-order valence-corrected chi connectivity index (χ0v) is 11.5. The Kier molecular flexibility index (Phi) is 3.24. The topological polar surface area (TPSA) is 72.2 Å². The van der Waals surface area contributed by atoms with Crippen LogP contribution in [-0.2, 0) is 10.0 Å². The van der Waals surface area contributed by atoms with E-state index < -0.39 is 10.0 Å². The molecule has 0 bridgehead atoms. The average molecular weight is 344 g/mol. The fraction of sp³-hybridized carbons (Fsp3) is 0. The van der Waals surface area contributed by atoms with Crippen molar-refractivity contribution in [3.8, 4) is 0 Å². The molecule has 86 valence electrons. The first-order valence-corrected chi connectivity index (χ1v) is 7.34. The maximum absolute atomic E-state index is 11.8. The van der Waals surface area contributed by atoms with Crippen molar-refractivity contribution in [3.63, 3.8) is 0 Å². The zero-order chi connectivity index (χ0) is 11.8. The quantitative estimate of drug-likeness (QED) is 0.930. The summed E-state index contributed by atoms with van der Waals surface area (Å²) in [5.74, 6) is 0.126. The summed E-state index contributed by atoms with van der Waals surface area (Å²) >= 11 is 9.92. The van der Waals surface area contributed by atoms with Gasteiger partial charge in [-0.1, -0.05) is 16.8 Å². The Balaban J connectivity index is 2.32. The van der Waals surface area contributed by atoms with Gasteiger partial charge in [0.15, 0.2) is 5.82 Å². The Bertz CT molecular complexity index is 574. The van der Waals surface area contributed by atoms with Crippen molar-refractivity contribution >= 4 is 54.7 Å². The SMILES string of the molecule is O=S(=O)(Nc1ccon1)c1cc(Cl)c(Br)s1. The van der Waals surface area contributed by atoms with Crippen molar-refractivity contribution in [2.24, 2.45) is 0 Å². The summed E-state index contributed by atoms with van der Waals surface area (Å²) in [6.07, 6.45) is 1.27. The van der Waals surface area contributed by atoms with Gasteiger partial charge in [0.2, 0.25) is 0 Å². The molecule has 0 saturated carbocycles. The van der Waals surface area contributed by atoms with Gasteiger partial charge >= 0.3 is 0 Å². The van der Waals surface area contributed by atoms with E-state index >= 15 is 0 Å². The molecular formula is C7H4BrClN2O3S2. The molecule has 0 unspecified atom stereocenters. The molecule has 9 heteroatoms. The molecule has 0 atom stereocenters. The number of nitrogens with zero attached hydrogens (tertiary/aromatic N) is 1. The molecule has 5 nitrogen and oxygen atoms in total. The molecule has 0 aliphatic heterocycles. The first-order chi connectivity index (χ1) is 7.49. The molecule has 0 amide bonds. The van der Waals surface area contributed by atoms with Crippen LogP contribution in [0.5, 0.6) is 0 Å². The average Bonchev–Trinajstić information content (AvgIpc) is 2.78. The molecule has 0 radical (unpaired) electrons. The van der Waals surface area contributed by atoms with Gasteiger partial charge in [0.1, 0.15) is 10.5 Å². The minimum absolute atomic E-state index is 0.104. The lowest BCUT2D eigenvalue weighted by molar-refractivity contribution is 0.423. The van der Waals surface area contributed by atoms with E-state index in [2.05, 4.69) is 30.3 Å². The Morgan fingerprint density at radius 1 is 1.56 bits per heavy atom. The van der Waals surface area contributed by atoms with E-state index in [1.54, 1.807) is 0 Å². The minimum Gasteiger partial charge on any atom is -0.363 e. The Labute approximate surface area is 109 Å². The normalized spacial score (nSPS) is 11.6. The van der Waals surface area contributed by atoms with Gasteiger partial charge in [-0.3, -0.25) is 4.72 Å². The molecule has 2 heterocycles. The fourth-order valence-corrected chi connectivity index (χ4v) is 4.30. The van der Waals surface area contributed by atoms with Crippen molar-refractivity contribution < 1.29 is 12.9 Å². The van der Waals surface area contributed by atoms with Crippen LogP contribution in [0.15, 0.2) is 30.9 Å². The number of nitrogens with one attached hydrogen (secondary N) is 1. The number of anilines is 1. The monoisotopic (exact) mass is 342 g/mol. The van der Waals surface area contributed by atoms with Gasteiger partial charge in [-0.05, 0) is 22.0 Å². The van der Waals surface area contributed by atoms with E-state index in [4.69, 9.17) is 11.6 Å². The molecule has 0 spiro atoms. The van der Waals surface area contributed by atoms with E-state index in [-0.39, 0.29) is 10.0 Å². The van der Waals surface area contributed by atoms with Gasteiger partial charge in [-0.25, -0.2) is 8.42 Å². The van der Waals surface area contributed by atoms with E-state index in [9.17, 15) is 8.42 Å². The molecule has 0 aliphatic carbocycles. The highest BCUT2D eigenvalue weighted by molar-refractivity contribution is 9.11. The van der Waals surface area contributed by atoms with Gasteiger partial charge in [0.05, 0.1) is 8.81 Å². The van der Waals surface area contributed by atoms with Crippen molar-refractivity contribution in [2.75, 3.05) is 4.72 Å². The van der Waals surface area contributed by atoms with Crippen LogP contribution in [0, 0.1) is 0 Å².